The zero-order valence-electron chi connectivity index (χ0n) is 20.3. The second-order valence-corrected chi connectivity index (χ2v) is 11.2. The van der Waals surface area contributed by atoms with E-state index < -0.39 is 5.79 Å². The number of nitrogens with two attached hydrogens (primary N) is 2. The maximum atomic E-state index is 6.55. The number of aryl methyl sites for hydroxylation is 2. The number of hydrogen-bond donors (Lipinski definition) is 2. The van der Waals surface area contributed by atoms with E-state index in [1.54, 1.807) is 6.33 Å². The minimum atomic E-state index is -0.605. The molecule has 8 nitrogen and oxygen atoms in total. The monoisotopic (exact) mass is 470 g/mol. The molecule has 3 saturated carbocycles. The van der Waals surface area contributed by atoms with Crippen molar-refractivity contribution in [2.24, 2.45) is 5.41 Å². The van der Waals surface area contributed by atoms with Crippen LogP contribution in [0.5, 0.6) is 0 Å². The van der Waals surface area contributed by atoms with Crippen LogP contribution in [0.1, 0.15) is 44.2 Å². The Morgan fingerprint density at radius 3 is 2.66 bits per heavy atom. The lowest BCUT2D eigenvalue weighted by Gasteiger charge is -2.51. The van der Waals surface area contributed by atoms with Gasteiger partial charge in [-0.15, -0.1) is 0 Å². The summed E-state index contributed by atoms with van der Waals surface area (Å²) in [5.41, 5.74) is 16.2. The number of ether oxygens (including phenoxy) is 2. The first-order chi connectivity index (χ1) is 16.7. The predicted octanol–water partition coefficient (Wildman–Crippen LogP) is 4.09. The van der Waals surface area contributed by atoms with Crippen LogP contribution in [0.3, 0.4) is 0 Å². The minimum Gasteiger partial charge on any atom is -0.383 e. The molecule has 35 heavy (non-hydrogen) atoms. The van der Waals surface area contributed by atoms with Gasteiger partial charge < -0.3 is 25.5 Å². The molecule has 3 aliphatic carbocycles. The molecule has 3 aromatic heterocycles. The Balaban J connectivity index is 1.22. The lowest BCUT2D eigenvalue weighted by Crippen LogP contribution is -2.52. The fraction of sp³-hybridized carbons (Fsp3) is 0.444. The largest absolute Gasteiger partial charge is 0.383 e. The van der Waals surface area contributed by atoms with Gasteiger partial charge in [-0.05, 0) is 75.8 Å². The highest BCUT2D eigenvalue weighted by molar-refractivity contribution is 5.86. The zero-order valence-corrected chi connectivity index (χ0v) is 20.3. The Labute approximate surface area is 203 Å². The number of nitrogen functional groups attached to an aromatic ring is 2. The van der Waals surface area contributed by atoms with Crippen molar-refractivity contribution in [3.8, 4) is 0 Å². The average molecular weight is 471 g/mol. The van der Waals surface area contributed by atoms with Gasteiger partial charge in [0.05, 0.1) is 22.5 Å². The van der Waals surface area contributed by atoms with Gasteiger partial charge in [-0.1, -0.05) is 12.1 Å². The zero-order chi connectivity index (χ0) is 24.2. The molecule has 0 amide bonds. The van der Waals surface area contributed by atoms with Gasteiger partial charge in [-0.2, -0.15) is 0 Å². The number of rotatable bonds is 4. The first-order valence-electron chi connectivity index (χ1n) is 12.3. The van der Waals surface area contributed by atoms with E-state index in [0.29, 0.717) is 11.6 Å². The van der Waals surface area contributed by atoms with Crippen molar-refractivity contribution in [3.63, 3.8) is 0 Å². The van der Waals surface area contributed by atoms with E-state index >= 15 is 0 Å². The summed E-state index contributed by atoms with van der Waals surface area (Å²) < 4.78 is 15.4. The third kappa shape index (κ3) is 2.84. The Morgan fingerprint density at radius 1 is 1.03 bits per heavy atom. The first kappa shape index (κ1) is 21.1. The highest BCUT2D eigenvalue weighted by Crippen LogP contribution is 2.71. The van der Waals surface area contributed by atoms with Crippen LogP contribution < -0.4 is 11.5 Å². The number of hydrogen-bond acceptors (Lipinski definition) is 7. The number of aromatic nitrogens is 4. The molecule has 2 bridgehead atoms. The summed E-state index contributed by atoms with van der Waals surface area (Å²) in [5.74, 6) is 0.499. The number of benzene rings is 1. The summed E-state index contributed by atoms with van der Waals surface area (Å²) in [7, 11) is 0. The van der Waals surface area contributed by atoms with E-state index in [1.807, 2.05) is 26.8 Å². The van der Waals surface area contributed by atoms with Crippen LogP contribution in [0.2, 0.25) is 0 Å². The Morgan fingerprint density at radius 2 is 1.83 bits per heavy atom. The van der Waals surface area contributed by atoms with Crippen LogP contribution in [0.4, 0.5) is 11.6 Å². The molecule has 4 heterocycles. The highest BCUT2D eigenvalue weighted by Gasteiger charge is 2.77. The van der Waals surface area contributed by atoms with Crippen LogP contribution in [0.15, 0.2) is 42.9 Å². The Bertz CT molecular complexity index is 1500. The number of fused-ring (bicyclic) bond motifs is 2. The summed E-state index contributed by atoms with van der Waals surface area (Å²) in [5, 5.41) is 2.01. The highest BCUT2D eigenvalue weighted by atomic mass is 16.8. The molecule has 0 unspecified atom stereocenters. The quantitative estimate of drug-likeness (QED) is 0.462. The summed E-state index contributed by atoms with van der Waals surface area (Å²) in [6.07, 6.45) is 7.64. The third-order valence-electron chi connectivity index (χ3n) is 8.56. The second kappa shape index (κ2) is 6.71. The van der Waals surface area contributed by atoms with E-state index in [1.165, 1.54) is 5.56 Å². The maximum Gasteiger partial charge on any atom is 0.163 e. The lowest BCUT2D eigenvalue weighted by atomic mass is 9.61. The van der Waals surface area contributed by atoms with Crippen LogP contribution in [-0.4, -0.2) is 37.5 Å². The molecule has 2 atom stereocenters. The predicted molar refractivity (Wildman–Crippen MR) is 135 cm³/mol. The lowest BCUT2D eigenvalue weighted by molar-refractivity contribution is -0.204. The molecular formula is C27H30N6O2. The molecule has 8 heteroatoms. The summed E-state index contributed by atoms with van der Waals surface area (Å²) in [6.45, 7) is 6.02. The van der Waals surface area contributed by atoms with Gasteiger partial charge in [-0.3, -0.25) is 0 Å². The van der Waals surface area contributed by atoms with Crippen molar-refractivity contribution in [1.82, 2.24) is 19.5 Å². The topological polar surface area (TPSA) is 114 Å². The van der Waals surface area contributed by atoms with Crippen molar-refractivity contribution in [1.29, 1.82) is 0 Å². The average Bonchev–Trinajstić information content (AvgIpc) is 3.47. The molecule has 0 spiro atoms. The molecule has 4 fully saturated rings. The molecule has 4 aromatic rings. The van der Waals surface area contributed by atoms with Gasteiger partial charge in [0.15, 0.2) is 5.79 Å². The molecule has 1 aromatic carbocycles. The van der Waals surface area contributed by atoms with Gasteiger partial charge in [0.2, 0.25) is 0 Å². The van der Waals surface area contributed by atoms with E-state index in [4.69, 9.17) is 20.9 Å². The first-order valence-corrected chi connectivity index (χ1v) is 12.3. The molecule has 4 aliphatic rings. The number of nitrogens with zero attached hydrogens (tertiary/aromatic N) is 4. The van der Waals surface area contributed by atoms with Crippen molar-refractivity contribution in [2.75, 3.05) is 11.5 Å². The van der Waals surface area contributed by atoms with Crippen LogP contribution in [0, 0.1) is 12.3 Å². The summed E-state index contributed by atoms with van der Waals surface area (Å²) in [6, 6.07) is 10.7. The minimum absolute atomic E-state index is 0.0228. The van der Waals surface area contributed by atoms with E-state index in [0.717, 1.165) is 53.2 Å². The smallest absolute Gasteiger partial charge is 0.163 e. The molecule has 8 rings (SSSR count). The van der Waals surface area contributed by atoms with Crippen LogP contribution >= 0.6 is 0 Å². The van der Waals surface area contributed by atoms with Crippen LogP contribution in [-0.2, 0) is 21.4 Å². The van der Waals surface area contributed by atoms with E-state index in [2.05, 4.69) is 50.0 Å². The van der Waals surface area contributed by atoms with Gasteiger partial charge in [0, 0.05) is 17.0 Å². The van der Waals surface area contributed by atoms with Crippen molar-refractivity contribution >= 4 is 33.6 Å². The summed E-state index contributed by atoms with van der Waals surface area (Å²) >= 11 is 0. The van der Waals surface area contributed by atoms with Gasteiger partial charge >= 0.3 is 0 Å². The van der Waals surface area contributed by atoms with Crippen molar-refractivity contribution in [2.45, 2.75) is 70.0 Å². The van der Waals surface area contributed by atoms with Gasteiger partial charge in [-0.25, -0.2) is 15.0 Å². The third-order valence-corrected chi connectivity index (χ3v) is 8.56. The van der Waals surface area contributed by atoms with Gasteiger partial charge in [0.25, 0.3) is 0 Å². The second-order valence-electron chi connectivity index (χ2n) is 11.2. The molecule has 0 radical (unpaired) electrons. The Hall–Kier alpha value is -3.23. The normalized spacial score (nSPS) is 30.6. The van der Waals surface area contributed by atoms with Gasteiger partial charge in [0.1, 0.15) is 29.7 Å². The molecule has 4 N–H and O–H groups in total. The fourth-order valence-corrected chi connectivity index (χ4v) is 7.01. The summed E-state index contributed by atoms with van der Waals surface area (Å²) in [4.78, 5) is 13.4. The molecule has 1 saturated heterocycles. The fourth-order valence-electron chi connectivity index (χ4n) is 7.01. The Kier molecular flexibility index (Phi) is 4.04. The van der Waals surface area contributed by atoms with Crippen molar-refractivity contribution in [3.05, 3.63) is 54.0 Å². The van der Waals surface area contributed by atoms with E-state index in [9.17, 15) is 0 Å². The SMILES string of the molecule is Cc1cc2ccc(CCC34CC(n5ccc6c(N)ncnc65)(C3)[C@@H]3OC(C)(C)O[C@@H]34)cc2nc1N. The maximum absolute atomic E-state index is 6.55. The number of anilines is 2. The number of pyridine rings is 1. The van der Waals surface area contributed by atoms with Crippen molar-refractivity contribution < 1.29 is 9.47 Å². The standard InChI is InChI=1S/C27H30N6O2/c1-15-10-17-5-4-16(11-19(17)32-22(15)28)6-8-26-12-27(13-26,21-20(26)34-25(2,3)35-21)33-9-7-18-23(29)30-14-31-24(18)33/h4-5,7,9-11,14,20-21H,6,8,12-13H2,1-3H3,(H2,28,32)(H2,29,30,31)/t20-,21+,26?,27?/m0/s1. The van der Waals surface area contributed by atoms with E-state index in [-0.39, 0.29) is 23.2 Å². The molecule has 1 aliphatic heterocycles. The molecular weight excluding hydrogens is 440 g/mol. The van der Waals surface area contributed by atoms with Crippen LogP contribution in [0.25, 0.3) is 21.9 Å². The molecule has 180 valence electrons.